The van der Waals surface area contributed by atoms with Crippen LogP contribution in [0.1, 0.15) is 16.2 Å². The van der Waals surface area contributed by atoms with Gasteiger partial charge in [-0.3, -0.25) is 0 Å². The molecule has 1 N–H and O–H groups in total. The van der Waals surface area contributed by atoms with Crippen molar-refractivity contribution in [2.75, 3.05) is 0 Å². The van der Waals surface area contributed by atoms with Crippen molar-refractivity contribution in [1.29, 1.82) is 0 Å². The predicted molar refractivity (Wildman–Crippen MR) is 80.0 cm³/mol. The lowest BCUT2D eigenvalue weighted by Gasteiger charge is -2.08. The first-order valence-corrected chi connectivity index (χ1v) is 6.51. The van der Waals surface area contributed by atoms with Crippen LogP contribution >= 0.6 is 0 Å². The normalized spacial score (nSPS) is 10.5. The number of rotatable bonds is 3. The van der Waals surface area contributed by atoms with E-state index in [-0.39, 0.29) is 5.69 Å². The lowest BCUT2D eigenvalue weighted by molar-refractivity contribution is 0.0690. The number of pyridine rings is 1. The number of carboxylic acid groups (broad SMARTS) is 1. The van der Waals surface area contributed by atoms with Gasteiger partial charge in [-0.15, -0.1) is 0 Å². The van der Waals surface area contributed by atoms with E-state index >= 15 is 0 Å². The van der Waals surface area contributed by atoms with Crippen molar-refractivity contribution < 1.29 is 14.6 Å². The number of hydrogen-bond donors (Lipinski definition) is 1. The van der Waals surface area contributed by atoms with E-state index in [2.05, 4.69) is 4.98 Å². The van der Waals surface area contributed by atoms with E-state index in [1.807, 2.05) is 48.5 Å². The minimum absolute atomic E-state index is 0.0525. The minimum atomic E-state index is -1.02. The van der Waals surface area contributed by atoms with E-state index in [0.717, 1.165) is 16.5 Å². The molecule has 0 fully saturated rings. The molecule has 4 nitrogen and oxygen atoms in total. The van der Waals surface area contributed by atoms with Crippen molar-refractivity contribution in [2.24, 2.45) is 0 Å². The average molecular weight is 279 g/mol. The van der Waals surface area contributed by atoms with Crippen LogP contribution in [-0.2, 0) is 0 Å². The topological polar surface area (TPSA) is 59.4 Å². The molecule has 3 rings (SSSR count). The second kappa shape index (κ2) is 5.25. The fourth-order valence-electron chi connectivity index (χ4n) is 2.19. The number of hydrogen-bond acceptors (Lipinski definition) is 3. The maximum Gasteiger partial charge on any atom is 0.354 e. The second-order valence-electron chi connectivity index (χ2n) is 4.70. The predicted octanol–water partition coefficient (Wildman–Crippen LogP) is 4.03. The van der Waals surface area contributed by atoms with Crippen LogP contribution in [0, 0.1) is 6.92 Å². The number of carbonyl (C=O) groups is 1. The van der Waals surface area contributed by atoms with Gasteiger partial charge in [-0.1, -0.05) is 24.3 Å². The molecule has 0 bridgehead atoms. The molecule has 1 heterocycles. The summed E-state index contributed by atoms with van der Waals surface area (Å²) in [4.78, 5) is 15.1. The molecule has 0 saturated carbocycles. The van der Waals surface area contributed by atoms with E-state index < -0.39 is 5.97 Å². The van der Waals surface area contributed by atoms with Gasteiger partial charge in [0, 0.05) is 11.1 Å². The van der Waals surface area contributed by atoms with E-state index in [9.17, 15) is 4.79 Å². The highest BCUT2D eigenvalue weighted by Gasteiger charge is 2.09. The van der Waals surface area contributed by atoms with Crippen molar-refractivity contribution in [1.82, 2.24) is 4.98 Å². The zero-order valence-corrected chi connectivity index (χ0v) is 11.4. The zero-order chi connectivity index (χ0) is 14.8. The van der Waals surface area contributed by atoms with Gasteiger partial charge in [0.05, 0.1) is 0 Å². The van der Waals surface area contributed by atoms with Gasteiger partial charge < -0.3 is 9.84 Å². The number of fused-ring (bicyclic) bond motifs is 1. The highest BCUT2D eigenvalue weighted by Crippen LogP contribution is 2.27. The zero-order valence-electron chi connectivity index (χ0n) is 11.4. The highest BCUT2D eigenvalue weighted by molar-refractivity contribution is 5.93. The van der Waals surface area contributed by atoms with Crippen LogP contribution in [0.3, 0.4) is 0 Å². The molecule has 104 valence electrons. The van der Waals surface area contributed by atoms with Crippen molar-refractivity contribution >= 4 is 16.7 Å². The Balaban J connectivity index is 2.02. The molecule has 2 aromatic carbocycles. The standard InChI is InChI=1S/C17H13NO3/c1-11-15-10-14(21-13-5-3-2-4-6-13)8-7-12(15)9-16(18-11)17(19)20/h2-10H,1H3,(H,19,20). The summed E-state index contributed by atoms with van der Waals surface area (Å²) < 4.78 is 5.78. The van der Waals surface area contributed by atoms with Gasteiger partial charge in [-0.25, -0.2) is 9.78 Å². The van der Waals surface area contributed by atoms with Gasteiger partial charge in [0.15, 0.2) is 0 Å². The molecular formula is C17H13NO3. The molecule has 0 aliphatic heterocycles. The lowest BCUT2D eigenvalue weighted by Crippen LogP contribution is -2.01. The smallest absolute Gasteiger partial charge is 0.354 e. The number of benzene rings is 2. The van der Waals surface area contributed by atoms with Gasteiger partial charge in [-0.2, -0.15) is 0 Å². The SMILES string of the molecule is Cc1nc(C(=O)O)cc2ccc(Oc3ccccc3)cc12. The molecule has 0 saturated heterocycles. The van der Waals surface area contributed by atoms with E-state index in [1.165, 1.54) is 0 Å². The van der Waals surface area contributed by atoms with Gasteiger partial charge in [0.1, 0.15) is 17.2 Å². The van der Waals surface area contributed by atoms with E-state index in [0.29, 0.717) is 11.4 Å². The summed E-state index contributed by atoms with van der Waals surface area (Å²) in [5, 5.41) is 10.7. The molecule has 21 heavy (non-hydrogen) atoms. The summed E-state index contributed by atoms with van der Waals surface area (Å²) in [7, 11) is 0. The summed E-state index contributed by atoms with van der Waals surface area (Å²) >= 11 is 0. The van der Waals surface area contributed by atoms with Crippen LogP contribution in [0.5, 0.6) is 11.5 Å². The summed E-state index contributed by atoms with van der Waals surface area (Å²) in [5.74, 6) is 0.427. The Morgan fingerprint density at radius 3 is 2.52 bits per heavy atom. The molecule has 0 radical (unpaired) electrons. The van der Waals surface area contributed by atoms with Crippen molar-refractivity contribution in [3.05, 3.63) is 66.0 Å². The van der Waals surface area contributed by atoms with Crippen molar-refractivity contribution in [3.8, 4) is 11.5 Å². The Bertz CT molecular complexity index is 813. The summed E-state index contributed by atoms with van der Waals surface area (Å²) in [6.45, 7) is 1.79. The monoisotopic (exact) mass is 279 g/mol. The first-order valence-electron chi connectivity index (χ1n) is 6.51. The van der Waals surface area contributed by atoms with Crippen LogP contribution in [0.4, 0.5) is 0 Å². The first-order chi connectivity index (χ1) is 10.1. The number of aryl methyl sites for hydroxylation is 1. The molecule has 0 aliphatic rings. The van der Waals surface area contributed by atoms with E-state index in [1.54, 1.807) is 13.0 Å². The quantitative estimate of drug-likeness (QED) is 0.786. The van der Waals surface area contributed by atoms with Crippen molar-refractivity contribution in [2.45, 2.75) is 6.92 Å². The molecule has 0 unspecified atom stereocenters. The van der Waals surface area contributed by atoms with Crippen LogP contribution in [0.15, 0.2) is 54.6 Å². The molecule has 0 atom stereocenters. The molecule has 0 amide bonds. The van der Waals surface area contributed by atoms with Crippen LogP contribution in [0.2, 0.25) is 0 Å². The Hall–Kier alpha value is -2.88. The average Bonchev–Trinajstić information content (AvgIpc) is 2.48. The number of nitrogens with zero attached hydrogens (tertiary/aromatic N) is 1. The van der Waals surface area contributed by atoms with Crippen LogP contribution < -0.4 is 4.74 Å². The van der Waals surface area contributed by atoms with E-state index in [4.69, 9.17) is 9.84 Å². The fraction of sp³-hybridized carbons (Fsp3) is 0.0588. The number of aromatic carboxylic acids is 1. The number of aromatic nitrogens is 1. The Morgan fingerprint density at radius 1 is 1.05 bits per heavy atom. The maximum atomic E-state index is 11.0. The third-order valence-corrected chi connectivity index (χ3v) is 3.19. The molecule has 4 heteroatoms. The first kappa shape index (κ1) is 13.1. The third kappa shape index (κ3) is 2.69. The van der Waals surface area contributed by atoms with Gasteiger partial charge in [0.25, 0.3) is 0 Å². The fourth-order valence-corrected chi connectivity index (χ4v) is 2.19. The lowest BCUT2D eigenvalue weighted by atomic mass is 10.1. The van der Waals surface area contributed by atoms with Crippen LogP contribution in [-0.4, -0.2) is 16.1 Å². The number of carboxylic acids is 1. The van der Waals surface area contributed by atoms with Gasteiger partial charge in [0.2, 0.25) is 0 Å². The van der Waals surface area contributed by atoms with Gasteiger partial charge >= 0.3 is 5.97 Å². The number of para-hydroxylation sites is 1. The largest absolute Gasteiger partial charge is 0.477 e. The van der Waals surface area contributed by atoms with Crippen molar-refractivity contribution in [3.63, 3.8) is 0 Å². The molecule has 1 aromatic heterocycles. The maximum absolute atomic E-state index is 11.0. The molecule has 0 spiro atoms. The number of ether oxygens (including phenoxy) is 1. The van der Waals surface area contributed by atoms with Gasteiger partial charge in [-0.05, 0) is 42.6 Å². The molecule has 0 aliphatic carbocycles. The Morgan fingerprint density at radius 2 is 1.81 bits per heavy atom. The summed E-state index contributed by atoms with van der Waals surface area (Å²) in [6, 6.07) is 16.6. The Labute approximate surface area is 121 Å². The summed E-state index contributed by atoms with van der Waals surface area (Å²) in [6.07, 6.45) is 0. The molecule has 3 aromatic rings. The molecular weight excluding hydrogens is 266 g/mol. The Kier molecular flexibility index (Phi) is 3.28. The summed E-state index contributed by atoms with van der Waals surface area (Å²) in [5.41, 5.74) is 0.722. The third-order valence-electron chi connectivity index (χ3n) is 3.19. The minimum Gasteiger partial charge on any atom is -0.477 e. The second-order valence-corrected chi connectivity index (χ2v) is 4.70. The highest BCUT2D eigenvalue weighted by atomic mass is 16.5. The van der Waals surface area contributed by atoms with Crippen LogP contribution in [0.25, 0.3) is 10.8 Å².